The zero-order chi connectivity index (χ0) is 21.2. The van der Waals surface area contributed by atoms with Gasteiger partial charge in [0.2, 0.25) is 0 Å². The van der Waals surface area contributed by atoms with Crippen LogP contribution in [0.5, 0.6) is 5.75 Å². The first-order valence-electron chi connectivity index (χ1n) is 9.66. The molecule has 0 unspecified atom stereocenters. The number of methoxy groups -OCH3 is 1. The van der Waals surface area contributed by atoms with Gasteiger partial charge in [-0.25, -0.2) is 4.79 Å². The van der Waals surface area contributed by atoms with E-state index in [2.05, 4.69) is 42.0 Å². The number of ether oxygens (including phenoxy) is 2. The number of esters is 1. The summed E-state index contributed by atoms with van der Waals surface area (Å²) in [5.74, 6) is -0.103. The van der Waals surface area contributed by atoms with E-state index in [1.807, 2.05) is 18.2 Å². The van der Waals surface area contributed by atoms with Crippen LogP contribution in [-0.2, 0) is 27.8 Å². The third kappa shape index (κ3) is 5.01. The Morgan fingerprint density at radius 1 is 1.21 bits per heavy atom. The second kappa shape index (κ2) is 8.88. The number of carbonyl (C=O) groups is 2. The number of anilines is 1. The number of aryl methyl sites for hydroxylation is 1. The highest BCUT2D eigenvalue weighted by atomic mass is 79.9. The normalized spacial score (nSPS) is 13.6. The Bertz CT molecular complexity index is 930. The van der Waals surface area contributed by atoms with Crippen LogP contribution in [0.4, 0.5) is 5.00 Å². The van der Waals surface area contributed by atoms with Crippen LogP contribution in [0, 0.1) is 0 Å². The van der Waals surface area contributed by atoms with Crippen molar-refractivity contribution in [3.63, 3.8) is 0 Å². The van der Waals surface area contributed by atoms with Crippen LogP contribution in [0.25, 0.3) is 0 Å². The van der Waals surface area contributed by atoms with Crippen LogP contribution in [-0.4, -0.2) is 25.6 Å². The minimum Gasteiger partial charge on any atom is -0.483 e. The summed E-state index contributed by atoms with van der Waals surface area (Å²) in [6, 6.07) is 5.87. The molecule has 2 aromatic rings. The first kappa shape index (κ1) is 21.8. The zero-order valence-electron chi connectivity index (χ0n) is 17.2. The molecule has 156 valence electrons. The SMILES string of the molecule is COC(=O)c1c(NC(=O)COc2ccc(C(C)(C)C)cc2Br)sc2c1CCCC2. The van der Waals surface area contributed by atoms with Crippen LogP contribution in [0.3, 0.4) is 0 Å². The van der Waals surface area contributed by atoms with Gasteiger partial charge in [0.1, 0.15) is 10.8 Å². The molecule has 0 fully saturated rings. The number of carbonyl (C=O) groups excluding carboxylic acids is 2. The van der Waals surface area contributed by atoms with Crippen molar-refractivity contribution in [3.8, 4) is 5.75 Å². The molecule has 1 N–H and O–H groups in total. The van der Waals surface area contributed by atoms with E-state index >= 15 is 0 Å². The third-order valence-corrected chi connectivity index (χ3v) is 6.80. The third-order valence-electron chi connectivity index (χ3n) is 4.97. The number of benzene rings is 1. The molecule has 1 aromatic heterocycles. The van der Waals surface area contributed by atoms with Crippen molar-refractivity contribution in [2.45, 2.75) is 51.9 Å². The van der Waals surface area contributed by atoms with Crippen LogP contribution in [0.1, 0.15) is 60.0 Å². The largest absolute Gasteiger partial charge is 0.483 e. The Morgan fingerprint density at radius 2 is 1.93 bits per heavy atom. The lowest BCUT2D eigenvalue weighted by Gasteiger charge is -2.20. The second-order valence-electron chi connectivity index (χ2n) is 8.14. The van der Waals surface area contributed by atoms with Gasteiger partial charge in [-0.3, -0.25) is 4.79 Å². The molecular formula is C22H26BrNO4S. The van der Waals surface area contributed by atoms with Gasteiger partial charge < -0.3 is 14.8 Å². The molecule has 29 heavy (non-hydrogen) atoms. The van der Waals surface area contributed by atoms with Crippen LogP contribution in [0.15, 0.2) is 22.7 Å². The molecule has 1 aromatic carbocycles. The van der Waals surface area contributed by atoms with E-state index in [1.165, 1.54) is 24.0 Å². The highest BCUT2D eigenvalue weighted by Gasteiger charge is 2.27. The summed E-state index contributed by atoms with van der Waals surface area (Å²) in [6.45, 7) is 6.28. The molecule has 0 spiro atoms. The van der Waals surface area contributed by atoms with Gasteiger partial charge in [-0.15, -0.1) is 11.3 Å². The van der Waals surface area contributed by atoms with Crippen molar-refractivity contribution in [2.75, 3.05) is 19.0 Å². The van der Waals surface area contributed by atoms with Crippen LogP contribution in [0.2, 0.25) is 0 Å². The summed E-state index contributed by atoms with van der Waals surface area (Å²) < 4.78 is 11.4. The molecule has 0 aliphatic heterocycles. The lowest BCUT2D eigenvalue weighted by Crippen LogP contribution is -2.21. The van der Waals surface area contributed by atoms with E-state index < -0.39 is 5.97 Å². The Labute approximate surface area is 183 Å². The molecule has 0 saturated heterocycles. The average Bonchev–Trinajstić information content (AvgIpc) is 3.03. The Kier molecular flexibility index (Phi) is 6.69. The minimum absolute atomic E-state index is 0.0288. The molecule has 0 atom stereocenters. The van der Waals surface area contributed by atoms with E-state index in [0.717, 1.165) is 40.6 Å². The minimum atomic E-state index is -0.402. The summed E-state index contributed by atoms with van der Waals surface area (Å²) in [5, 5.41) is 3.40. The Hall–Kier alpha value is -1.86. The molecule has 5 nitrogen and oxygen atoms in total. The maximum atomic E-state index is 12.5. The van der Waals surface area contributed by atoms with Crippen molar-refractivity contribution in [1.82, 2.24) is 0 Å². The second-order valence-corrected chi connectivity index (χ2v) is 10.1. The molecular weight excluding hydrogens is 454 g/mol. The van der Waals surface area contributed by atoms with Crippen molar-refractivity contribution in [3.05, 3.63) is 44.2 Å². The number of hydrogen-bond acceptors (Lipinski definition) is 5. The molecule has 1 aliphatic carbocycles. The van der Waals surface area contributed by atoms with Crippen molar-refractivity contribution in [2.24, 2.45) is 0 Å². The molecule has 3 rings (SSSR count). The van der Waals surface area contributed by atoms with E-state index in [4.69, 9.17) is 9.47 Å². The van der Waals surface area contributed by atoms with E-state index in [-0.39, 0.29) is 17.9 Å². The van der Waals surface area contributed by atoms with Crippen LogP contribution < -0.4 is 10.1 Å². The fourth-order valence-corrected chi connectivity index (χ4v) is 5.15. The summed E-state index contributed by atoms with van der Waals surface area (Å²) in [6.07, 6.45) is 3.92. The topological polar surface area (TPSA) is 64.6 Å². The van der Waals surface area contributed by atoms with Crippen molar-refractivity contribution in [1.29, 1.82) is 0 Å². The van der Waals surface area contributed by atoms with Gasteiger partial charge in [0.05, 0.1) is 17.1 Å². The molecule has 0 radical (unpaired) electrons. The van der Waals surface area contributed by atoms with Gasteiger partial charge in [-0.05, 0) is 70.3 Å². The molecule has 1 heterocycles. The Morgan fingerprint density at radius 3 is 2.59 bits per heavy atom. The van der Waals surface area contributed by atoms with Crippen molar-refractivity contribution >= 4 is 44.1 Å². The highest BCUT2D eigenvalue weighted by molar-refractivity contribution is 9.10. The fraction of sp³-hybridized carbons (Fsp3) is 0.455. The predicted octanol–water partition coefficient (Wildman–Crippen LogP) is 5.49. The first-order valence-corrected chi connectivity index (χ1v) is 11.3. The van der Waals surface area contributed by atoms with E-state index in [0.29, 0.717) is 16.3 Å². The van der Waals surface area contributed by atoms with Gasteiger partial charge in [0.15, 0.2) is 6.61 Å². The summed E-state index contributed by atoms with van der Waals surface area (Å²) in [5.41, 5.74) is 2.72. The number of hydrogen-bond donors (Lipinski definition) is 1. The number of fused-ring (bicyclic) bond motifs is 1. The number of amides is 1. The van der Waals surface area contributed by atoms with E-state index in [9.17, 15) is 9.59 Å². The number of nitrogens with one attached hydrogen (secondary N) is 1. The Balaban J connectivity index is 1.70. The number of halogens is 1. The van der Waals surface area contributed by atoms with Gasteiger partial charge >= 0.3 is 5.97 Å². The predicted molar refractivity (Wildman–Crippen MR) is 119 cm³/mol. The molecule has 7 heteroatoms. The summed E-state index contributed by atoms with van der Waals surface area (Å²) in [4.78, 5) is 25.9. The lowest BCUT2D eigenvalue weighted by atomic mass is 9.87. The van der Waals surface area contributed by atoms with Gasteiger partial charge in [-0.2, -0.15) is 0 Å². The average molecular weight is 480 g/mol. The smallest absolute Gasteiger partial charge is 0.341 e. The highest BCUT2D eigenvalue weighted by Crippen LogP contribution is 2.38. The molecule has 0 bridgehead atoms. The first-order chi connectivity index (χ1) is 13.7. The van der Waals surface area contributed by atoms with Gasteiger partial charge in [0.25, 0.3) is 5.91 Å². The maximum absolute atomic E-state index is 12.5. The summed E-state index contributed by atoms with van der Waals surface area (Å²) >= 11 is 4.99. The molecule has 1 amide bonds. The molecule has 0 saturated carbocycles. The van der Waals surface area contributed by atoms with E-state index in [1.54, 1.807) is 0 Å². The van der Waals surface area contributed by atoms with Gasteiger partial charge in [0, 0.05) is 4.88 Å². The summed E-state index contributed by atoms with van der Waals surface area (Å²) in [7, 11) is 1.36. The molecule has 1 aliphatic rings. The number of rotatable bonds is 5. The van der Waals surface area contributed by atoms with Crippen molar-refractivity contribution < 1.29 is 19.1 Å². The quantitative estimate of drug-likeness (QED) is 0.575. The zero-order valence-corrected chi connectivity index (χ0v) is 19.6. The van der Waals surface area contributed by atoms with Gasteiger partial charge in [-0.1, -0.05) is 26.8 Å². The monoisotopic (exact) mass is 479 g/mol. The standard InChI is InChI=1S/C22H26BrNO4S/c1-22(2,3)13-9-10-16(15(23)11-13)28-12-18(25)24-20-19(21(26)27-4)14-7-5-6-8-17(14)29-20/h9-11H,5-8,12H2,1-4H3,(H,24,25). The fourth-order valence-electron chi connectivity index (χ4n) is 3.36. The number of thiophene rings is 1. The lowest BCUT2D eigenvalue weighted by molar-refractivity contribution is -0.118. The van der Waals surface area contributed by atoms with Crippen LogP contribution >= 0.6 is 27.3 Å². The maximum Gasteiger partial charge on any atom is 0.341 e.